The number of hydrogen-bond donors (Lipinski definition) is 1. The maximum absolute atomic E-state index is 10.4. The van der Waals surface area contributed by atoms with Crippen molar-refractivity contribution in [2.24, 2.45) is 0 Å². The second-order valence-electron chi connectivity index (χ2n) is 1.47. The largest absolute Gasteiger partial charge is 0.298 e. The van der Waals surface area contributed by atoms with Crippen molar-refractivity contribution in [2.45, 2.75) is 0 Å². The van der Waals surface area contributed by atoms with Crippen molar-refractivity contribution in [1.29, 1.82) is 0 Å². The van der Waals surface area contributed by atoms with Crippen molar-refractivity contribution in [3.05, 3.63) is 12.2 Å². The first-order chi connectivity index (χ1) is 4.09. The van der Waals surface area contributed by atoms with E-state index in [9.17, 15) is 9.59 Å². The maximum Gasteiger partial charge on any atom is 0.279 e. The van der Waals surface area contributed by atoms with Crippen molar-refractivity contribution >= 4 is 12.2 Å². The molecule has 0 aromatic heterocycles. The summed E-state index contributed by atoms with van der Waals surface area (Å²) in [4.78, 5) is 20.2. The van der Waals surface area contributed by atoms with Gasteiger partial charge in [-0.2, -0.15) is 0 Å². The van der Waals surface area contributed by atoms with Gasteiger partial charge in [-0.15, -0.1) is 0 Å². The second kappa shape index (κ2) is 2.99. The highest BCUT2D eigenvalue weighted by atomic mass is 16.5. The molecule has 9 heavy (non-hydrogen) atoms. The van der Waals surface area contributed by atoms with Crippen molar-refractivity contribution in [3.63, 3.8) is 0 Å². The Labute approximate surface area is 52.3 Å². The first-order valence-corrected chi connectivity index (χ1v) is 2.20. The van der Waals surface area contributed by atoms with Crippen molar-refractivity contribution in [3.8, 4) is 0 Å². The minimum atomic E-state index is -0.787. The number of amides is 1. The fourth-order valence-electron chi connectivity index (χ4n) is 0.258. The zero-order valence-corrected chi connectivity index (χ0v) is 5.00. The van der Waals surface area contributed by atoms with Crippen LogP contribution in [0, 0.1) is 0 Å². The number of aldehydes is 1. The van der Waals surface area contributed by atoms with Crippen molar-refractivity contribution < 1.29 is 14.8 Å². The van der Waals surface area contributed by atoms with Crippen LogP contribution in [0.15, 0.2) is 12.2 Å². The van der Waals surface area contributed by atoms with Crippen LogP contribution in [0.4, 0.5) is 0 Å². The van der Waals surface area contributed by atoms with E-state index in [1.165, 1.54) is 0 Å². The summed E-state index contributed by atoms with van der Waals surface area (Å²) in [6, 6.07) is 0. The zero-order valence-electron chi connectivity index (χ0n) is 5.00. The predicted molar refractivity (Wildman–Crippen MR) is 29.8 cm³/mol. The molecule has 0 heterocycles. The molecule has 0 aliphatic carbocycles. The molecule has 0 aliphatic heterocycles. The third kappa shape index (κ3) is 2.05. The van der Waals surface area contributed by atoms with Crippen LogP contribution < -0.4 is 0 Å². The van der Waals surface area contributed by atoms with Gasteiger partial charge < -0.3 is 0 Å². The molecule has 0 spiro atoms. The van der Waals surface area contributed by atoms with E-state index in [1.807, 2.05) is 0 Å². The number of carbonyl (C=O) groups is 2. The van der Waals surface area contributed by atoms with E-state index < -0.39 is 5.91 Å². The summed E-state index contributed by atoms with van der Waals surface area (Å²) in [7, 11) is 1.12. The van der Waals surface area contributed by atoms with Gasteiger partial charge in [-0.1, -0.05) is 6.58 Å². The van der Waals surface area contributed by atoms with Crippen LogP contribution >= 0.6 is 0 Å². The Morgan fingerprint density at radius 3 is 2.33 bits per heavy atom. The SMILES string of the molecule is C=C(C=O)C(=O)N(C)O. The Hall–Kier alpha value is -1.16. The van der Waals surface area contributed by atoms with Crippen LogP contribution in [-0.4, -0.2) is 29.5 Å². The smallest absolute Gasteiger partial charge is 0.279 e. The summed E-state index contributed by atoms with van der Waals surface area (Å²) in [5, 5.41) is 8.69. The molecule has 0 aliphatic rings. The summed E-state index contributed by atoms with van der Waals surface area (Å²) in [6.45, 7) is 3.08. The van der Waals surface area contributed by atoms with Crippen LogP contribution in [0.2, 0.25) is 0 Å². The standard InChI is InChI=1S/C5H7NO3/c1-4(3-7)5(8)6(2)9/h3,9H,1H2,2H3. The predicted octanol–water partition coefficient (Wildman–Crippen LogP) is -0.411. The van der Waals surface area contributed by atoms with Gasteiger partial charge in [0.25, 0.3) is 5.91 Å². The van der Waals surface area contributed by atoms with Gasteiger partial charge in [-0.05, 0) is 0 Å². The lowest BCUT2D eigenvalue weighted by molar-refractivity contribution is -0.154. The second-order valence-corrected chi connectivity index (χ2v) is 1.47. The summed E-state index contributed by atoms with van der Waals surface area (Å²) in [5.74, 6) is -0.787. The lowest BCUT2D eigenvalue weighted by Gasteiger charge is -2.04. The molecule has 0 saturated carbocycles. The molecule has 0 aromatic rings. The molecular formula is C5H7NO3. The molecule has 0 atom stereocenters. The number of carbonyl (C=O) groups excluding carboxylic acids is 2. The Morgan fingerprint density at radius 2 is 2.22 bits per heavy atom. The number of rotatable bonds is 2. The van der Waals surface area contributed by atoms with E-state index in [4.69, 9.17) is 5.21 Å². The molecule has 1 N–H and O–H groups in total. The first-order valence-electron chi connectivity index (χ1n) is 2.20. The fourth-order valence-corrected chi connectivity index (χ4v) is 0.258. The molecular weight excluding hydrogens is 122 g/mol. The van der Waals surface area contributed by atoms with Gasteiger partial charge in [0, 0.05) is 7.05 Å². The molecule has 50 valence electrons. The van der Waals surface area contributed by atoms with Crippen molar-refractivity contribution in [1.82, 2.24) is 5.06 Å². The van der Waals surface area contributed by atoms with Crippen LogP contribution in [0.25, 0.3) is 0 Å². The molecule has 0 unspecified atom stereocenters. The minimum absolute atomic E-state index is 0.264. The van der Waals surface area contributed by atoms with Gasteiger partial charge in [0.15, 0.2) is 6.29 Å². The third-order valence-electron chi connectivity index (χ3n) is 0.711. The molecule has 0 saturated heterocycles. The number of hydroxylamine groups is 2. The lowest BCUT2D eigenvalue weighted by Crippen LogP contribution is -2.24. The molecule has 0 bridgehead atoms. The van der Waals surface area contributed by atoms with E-state index in [0.717, 1.165) is 7.05 Å². The monoisotopic (exact) mass is 129 g/mol. The lowest BCUT2D eigenvalue weighted by atomic mass is 10.3. The maximum atomic E-state index is 10.4. The van der Waals surface area contributed by atoms with Crippen LogP contribution in [0.5, 0.6) is 0 Å². The Kier molecular flexibility index (Phi) is 2.60. The van der Waals surface area contributed by atoms with Gasteiger partial charge in [0.2, 0.25) is 0 Å². The Morgan fingerprint density at radius 1 is 1.78 bits per heavy atom. The first kappa shape index (κ1) is 7.84. The molecule has 0 radical (unpaired) electrons. The average Bonchev–Trinajstić information content (AvgIpc) is 1.84. The Bertz CT molecular complexity index is 150. The zero-order chi connectivity index (χ0) is 7.44. The summed E-state index contributed by atoms with van der Waals surface area (Å²) < 4.78 is 0. The number of likely N-dealkylation sites (N-methyl/N-ethyl adjacent to an activating group) is 1. The number of hydrogen-bond acceptors (Lipinski definition) is 3. The molecule has 4 nitrogen and oxygen atoms in total. The van der Waals surface area contributed by atoms with Gasteiger partial charge >= 0.3 is 0 Å². The van der Waals surface area contributed by atoms with Crippen LogP contribution in [-0.2, 0) is 9.59 Å². The van der Waals surface area contributed by atoms with E-state index in [0.29, 0.717) is 5.06 Å². The number of nitrogens with zero attached hydrogens (tertiary/aromatic N) is 1. The summed E-state index contributed by atoms with van der Waals surface area (Å²) in [6.07, 6.45) is 0.287. The van der Waals surface area contributed by atoms with Crippen molar-refractivity contribution in [2.75, 3.05) is 7.05 Å². The van der Waals surface area contributed by atoms with Crippen LogP contribution in [0.1, 0.15) is 0 Å². The molecule has 0 rings (SSSR count). The quantitative estimate of drug-likeness (QED) is 0.138. The van der Waals surface area contributed by atoms with Gasteiger partial charge in [-0.3, -0.25) is 14.8 Å². The van der Waals surface area contributed by atoms with E-state index in [-0.39, 0.29) is 11.9 Å². The molecule has 0 fully saturated rings. The Balaban J connectivity index is 4.04. The van der Waals surface area contributed by atoms with E-state index >= 15 is 0 Å². The summed E-state index contributed by atoms with van der Waals surface area (Å²) >= 11 is 0. The van der Waals surface area contributed by atoms with Gasteiger partial charge in [0.1, 0.15) is 0 Å². The topological polar surface area (TPSA) is 57.6 Å². The highest BCUT2D eigenvalue weighted by Crippen LogP contribution is 1.88. The molecule has 0 aromatic carbocycles. The van der Waals surface area contributed by atoms with E-state index in [2.05, 4.69) is 6.58 Å². The normalized spacial score (nSPS) is 8.22. The molecule has 1 amide bonds. The highest BCUT2D eigenvalue weighted by molar-refractivity contribution is 6.09. The van der Waals surface area contributed by atoms with Crippen LogP contribution in [0.3, 0.4) is 0 Å². The highest BCUT2D eigenvalue weighted by Gasteiger charge is 2.07. The fraction of sp³-hybridized carbons (Fsp3) is 0.200. The third-order valence-corrected chi connectivity index (χ3v) is 0.711. The van der Waals surface area contributed by atoms with E-state index in [1.54, 1.807) is 0 Å². The summed E-state index contributed by atoms with van der Waals surface area (Å²) in [5.41, 5.74) is -0.264. The van der Waals surface area contributed by atoms with Gasteiger partial charge in [-0.25, -0.2) is 5.06 Å². The molecule has 4 heteroatoms. The van der Waals surface area contributed by atoms with Gasteiger partial charge in [0.05, 0.1) is 5.57 Å². The minimum Gasteiger partial charge on any atom is -0.298 e. The average molecular weight is 129 g/mol.